The van der Waals surface area contributed by atoms with E-state index < -0.39 is 6.10 Å². The lowest BCUT2D eigenvalue weighted by Gasteiger charge is -2.13. The molecule has 0 aromatic heterocycles. The molecule has 0 spiro atoms. The first-order valence-corrected chi connectivity index (χ1v) is 4.71. The van der Waals surface area contributed by atoms with Gasteiger partial charge in [0.1, 0.15) is 6.10 Å². The normalized spacial score (nSPS) is 13.5. The highest BCUT2D eigenvalue weighted by molar-refractivity contribution is 4.55. The van der Waals surface area contributed by atoms with Crippen LogP contribution in [0.15, 0.2) is 0 Å². The second-order valence-electron chi connectivity index (χ2n) is 3.20. The van der Waals surface area contributed by atoms with Crippen molar-refractivity contribution in [3.8, 4) is 0 Å². The molecule has 0 bridgehead atoms. The summed E-state index contributed by atoms with van der Waals surface area (Å²) in [6, 6.07) is 0. The van der Waals surface area contributed by atoms with Crippen LogP contribution in [-0.4, -0.2) is 61.6 Å². The van der Waals surface area contributed by atoms with Crippen LogP contribution in [0.25, 0.3) is 0 Å². The van der Waals surface area contributed by atoms with Gasteiger partial charge in [0.05, 0.1) is 13.2 Å². The van der Waals surface area contributed by atoms with Gasteiger partial charge in [-0.25, -0.2) is 0 Å². The van der Waals surface area contributed by atoms with E-state index in [1.807, 2.05) is 0 Å². The van der Waals surface area contributed by atoms with Crippen molar-refractivity contribution in [2.75, 3.05) is 40.1 Å². The molecule has 0 saturated carbocycles. The van der Waals surface area contributed by atoms with Crippen molar-refractivity contribution in [2.24, 2.45) is 5.92 Å². The third-order valence-electron chi connectivity index (χ3n) is 1.86. The molecule has 5 nitrogen and oxygen atoms in total. The van der Waals surface area contributed by atoms with Crippen LogP contribution in [-0.2, 0) is 9.47 Å². The molecular formula is C9H20O5. The molecule has 86 valence electrons. The van der Waals surface area contributed by atoms with Crippen LogP contribution in [0, 0.1) is 5.92 Å². The lowest BCUT2D eigenvalue weighted by molar-refractivity contribution is -0.0121. The zero-order valence-electron chi connectivity index (χ0n) is 8.56. The number of aliphatic hydroxyl groups is 3. The topological polar surface area (TPSA) is 79.2 Å². The van der Waals surface area contributed by atoms with Crippen LogP contribution in [0.5, 0.6) is 0 Å². The molecule has 14 heavy (non-hydrogen) atoms. The molecule has 0 aliphatic heterocycles. The zero-order valence-corrected chi connectivity index (χ0v) is 8.56. The molecule has 0 fully saturated rings. The van der Waals surface area contributed by atoms with Gasteiger partial charge in [0.2, 0.25) is 0 Å². The van der Waals surface area contributed by atoms with Crippen LogP contribution in [0.1, 0.15) is 6.42 Å². The molecule has 0 radical (unpaired) electrons. The van der Waals surface area contributed by atoms with E-state index in [1.54, 1.807) is 0 Å². The molecule has 5 heteroatoms. The van der Waals surface area contributed by atoms with Gasteiger partial charge in [-0.3, -0.25) is 0 Å². The number of aliphatic hydroxyl groups excluding tert-OH is 3. The summed E-state index contributed by atoms with van der Waals surface area (Å²) in [4.78, 5) is 0. The summed E-state index contributed by atoms with van der Waals surface area (Å²) in [5, 5.41) is 26.6. The van der Waals surface area contributed by atoms with Crippen molar-refractivity contribution >= 4 is 0 Å². The van der Waals surface area contributed by atoms with E-state index in [0.29, 0.717) is 13.0 Å². The average molecular weight is 208 g/mol. The fraction of sp³-hybridized carbons (Fsp3) is 1.00. The summed E-state index contributed by atoms with van der Waals surface area (Å²) in [5.74, 6) is -0.130. The molecule has 3 N–H and O–H groups in total. The Morgan fingerprint density at radius 2 is 1.79 bits per heavy atom. The van der Waals surface area contributed by atoms with Crippen molar-refractivity contribution < 1.29 is 24.8 Å². The summed E-state index contributed by atoms with van der Waals surface area (Å²) in [6.45, 7) is 0.814. The second-order valence-corrected chi connectivity index (χ2v) is 3.20. The van der Waals surface area contributed by atoms with Gasteiger partial charge in [0.15, 0.2) is 0 Å². The van der Waals surface area contributed by atoms with E-state index in [-0.39, 0.29) is 32.3 Å². The van der Waals surface area contributed by atoms with Gasteiger partial charge >= 0.3 is 0 Å². The summed E-state index contributed by atoms with van der Waals surface area (Å²) >= 11 is 0. The van der Waals surface area contributed by atoms with Crippen molar-refractivity contribution in [1.82, 2.24) is 0 Å². The Bertz CT molecular complexity index is 116. The fourth-order valence-corrected chi connectivity index (χ4v) is 0.950. The highest BCUT2D eigenvalue weighted by Crippen LogP contribution is 2.00. The lowest BCUT2D eigenvalue weighted by Crippen LogP contribution is -2.22. The summed E-state index contributed by atoms with van der Waals surface area (Å²) < 4.78 is 9.84. The standard InChI is InChI=1S/C9H20O5/c1-13-6-9(12)7-14-3-2-8(4-10)5-11/h8-12H,2-7H2,1H3. The third kappa shape index (κ3) is 7.23. The van der Waals surface area contributed by atoms with Gasteiger partial charge < -0.3 is 24.8 Å². The van der Waals surface area contributed by atoms with Crippen LogP contribution < -0.4 is 0 Å². The van der Waals surface area contributed by atoms with Crippen LogP contribution in [0.3, 0.4) is 0 Å². The molecule has 0 aromatic rings. The van der Waals surface area contributed by atoms with Crippen molar-refractivity contribution in [1.29, 1.82) is 0 Å². The Balaban J connectivity index is 3.27. The zero-order chi connectivity index (χ0) is 10.8. The van der Waals surface area contributed by atoms with Gasteiger partial charge in [0, 0.05) is 32.8 Å². The summed E-state index contributed by atoms with van der Waals surface area (Å²) in [6.07, 6.45) is -0.0196. The molecule has 0 heterocycles. The molecule has 1 atom stereocenters. The Morgan fingerprint density at radius 1 is 1.14 bits per heavy atom. The van der Waals surface area contributed by atoms with E-state index >= 15 is 0 Å². The SMILES string of the molecule is COCC(O)COCCC(CO)CO. The number of hydrogen-bond donors (Lipinski definition) is 3. The number of rotatable bonds is 9. The average Bonchev–Trinajstić information content (AvgIpc) is 2.19. The van der Waals surface area contributed by atoms with Gasteiger partial charge in [-0.2, -0.15) is 0 Å². The predicted octanol–water partition coefficient (Wildman–Crippen LogP) is -0.999. The van der Waals surface area contributed by atoms with E-state index in [2.05, 4.69) is 0 Å². The Morgan fingerprint density at radius 3 is 2.29 bits per heavy atom. The molecular weight excluding hydrogens is 188 g/mol. The molecule has 0 amide bonds. The van der Waals surface area contributed by atoms with Gasteiger partial charge in [-0.05, 0) is 6.42 Å². The predicted molar refractivity (Wildman–Crippen MR) is 51.0 cm³/mol. The fourth-order valence-electron chi connectivity index (χ4n) is 0.950. The van der Waals surface area contributed by atoms with Crippen molar-refractivity contribution in [2.45, 2.75) is 12.5 Å². The quantitative estimate of drug-likeness (QED) is 0.424. The molecule has 0 rings (SSSR count). The number of ether oxygens (including phenoxy) is 2. The molecule has 0 aliphatic rings. The maximum atomic E-state index is 9.18. The first-order chi connectivity index (χ1) is 6.74. The molecule has 0 aromatic carbocycles. The largest absolute Gasteiger partial charge is 0.396 e. The van der Waals surface area contributed by atoms with Gasteiger partial charge in [0.25, 0.3) is 0 Å². The highest BCUT2D eigenvalue weighted by atomic mass is 16.5. The van der Waals surface area contributed by atoms with Gasteiger partial charge in [-0.1, -0.05) is 0 Å². The van der Waals surface area contributed by atoms with Crippen LogP contribution >= 0.6 is 0 Å². The van der Waals surface area contributed by atoms with E-state index in [9.17, 15) is 5.11 Å². The third-order valence-corrected chi connectivity index (χ3v) is 1.86. The Labute approximate surface area is 84.3 Å². The van der Waals surface area contributed by atoms with Crippen LogP contribution in [0.4, 0.5) is 0 Å². The minimum Gasteiger partial charge on any atom is -0.396 e. The molecule has 1 unspecified atom stereocenters. The maximum Gasteiger partial charge on any atom is 0.101 e. The van der Waals surface area contributed by atoms with Gasteiger partial charge in [-0.15, -0.1) is 0 Å². The van der Waals surface area contributed by atoms with Crippen molar-refractivity contribution in [3.05, 3.63) is 0 Å². The first-order valence-electron chi connectivity index (χ1n) is 4.71. The van der Waals surface area contributed by atoms with E-state index in [4.69, 9.17) is 19.7 Å². The molecule has 0 saturated heterocycles. The van der Waals surface area contributed by atoms with Crippen molar-refractivity contribution in [3.63, 3.8) is 0 Å². The van der Waals surface area contributed by atoms with E-state index in [1.165, 1.54) is 7.11 Å². The Hall–Kier alpha value is -0.200. The number of methoxy groups -OCH3 is 1. The minimum absolute atomic E-state index is 0.0412. The highest BCUT2D eigenvalue weighted by Gasteiger charge is 2.07. The monoisotopic (exact) mass is 208 g/mol. The van der Waals surface area contributed by atoms with Crippen LogP contribution in [0.2, 0.25) is 0 Å². The lowest BCUT2D eigenvalue weighted by atomic mass is 10.1. The first kappa shape index (κ1) is 13.8. The Kier molecular flexibility index (Phi) is 9.23. The smallest absolute Gasteiger partial charge is 0.101 e. The summed E-state index contributed by atoms with van der Waals surface area (Å²) in [7, 11) is 1.51. The molecule has 0 aliphatic carbocycles. The minimum atomic E-state index is -0.610. The number of hydrogen-bond acceptors (Lipinski definition) is 5. The summed E-state index contributed by atoms with van der Waals surface area (Å²) in [5.41, 5.74) is 0. The van der Waals surface area contributed by atoms with E-state index in [0.717, 1.165) is 0 Å². The maximum absolute atomic E-state index is 9.18. The second kappa shape index (κ2) is 9.36.